The smallest absolute Gasteiger partial charge is 0.269 e. The van der Waals surface area contributed by atoms with Crippen molar-refractivity contribution in [3.05, 3.63) is 71.4 Å². The molecule has 31 heavy (non-hydrogen) atoms. The Hall–Kier alpha value is -3.45. The first-order valence-corrected chi connectivity index (χ1v) is 10.1. The molecule has 3 rings (SSSR count). The maximum absolute atomic E-state index is 12.4. The quantitative estimate of drug-likeness (QED) is 0.399. The van der Waals surface area contributed by atoms with Gasteiger partial charge in [0, 0.05) is 18.4 Å². The van der Waals surface area contributed by atoms with E-state index < -0.39 is 11.8 Å². The van der Waals surface area contributed by atoms with Crippen LogP contribution in [0.5, 0.6) is 5.75 Å². The molecule has 0 atom stereocenters. The van der Waals surface area contributed by atoms with Crippen molar-refractivity contribution in [3.63, 3.8) is 0 Å². The number of para-hydroxylation sites is 1. The van der Waals surface area contributed by atoms with Gasteiger partial charge < -0.3 is 10.1 Å². The first-order valence-electron chi connectivity index (χ1n) is 10.1. The maximum atomic E-state index is 12.4. The van der Waals surface area contributed by atoms with E-state index in [1.165, 1.54) is 11.0 Å². The van der Waals surface area contributed by atoms with Gasteiger partial charge in [-0.2, -0.15) is 0 Å². The van der Waals surface area contributed by atoms with Crippen molar-refractivity contribution in [1.29, 1.82) is 0 Å². The van der Waals surface area contributed by atoms with Crippen LogP contribution in [0.1, 0.15) is 48.8 Å². The number of aromatic nitrogens is 1. The predicted molar refractivity (Wildman–Crippen MR) is 118 cm³/mol. The molecule has 3 aromatic rings. The molecule has 7 heteroatoms. The number of carbonyl (C=O) groups excluding carboxylic acids is 2. The molecular weight excluding hydrogens is 394 g/mol. The Morgan fingerprint density at radius 3 is 2.45 bits per heavy atom. The highest BCUT2D eigenvalue weighted by atomic mass is 16.5. The number of nitrogens with one attached hydrogen (secondary N) is 2. The van der Waals surface area contributed by atoms with E-state index in [1.807, 2.05) is 24.3 Å². The zero-order valence-corrected chi connectivity index (χ0v) is 17.9. The van der Waals surface area contributed by atoms with Crippen LogP contribution in [0.25, 0.3) is 10.9 Å². The number of ether oxygens (including phenoxy) is 1. The van der Waals surface area contributed by atoms with Crippen LogP contribution in [0.2, 0.25) is 0 Å². The van der Waals surface area contributed by atoms with Gasteiger partial charge in [0.2, 0.25) is 5.91 Å². The molecule has 0 saturated heterocycles. The summed E-state index contributed by atoms with van der Waals surface area (Å²) < 4.78 is 6.02. The molecule has 0 aliphatic heterocycles. The molecular formula is C24H27N3O4. The van der Waals surface area contributed by atoms with Gasteiger partial charge in [-0.25, -0.2) is 10.5 Å². The molecule has 0 aliphatic carbocycles. The van der Waals surface area contributed by atoms with E-state index >= 15 is 0 Å². The minimum absolute atomic E-state index is 0.0296. The number of pyridine rings is 1. The van der Waals surface area contributed by atoms with Gasteiger partial charge in [-0.3, -0.25) is 14.8 Å². The second-order valence-corrected chi connectivity index (χ2v) is 8.30. The van der Waals surface area contributed by atoms with Crippen LogP contribution in [0.15, 0.2) is 54.6 Å². The largest absolute Gasteiger partial charge is 0.487 e. The molecule has 3 N–H and O–H groups in total. The highest BCUT2D eigenvalue weighted by molar-refractivity contribution is 5.96. The number of nitrogens with zero attached hydrogens (tertiary/aromatic N) is 1. The highest BCUT2D eigenvalue weighted by Gasteiger charge is 2.14. The number of rotatable bonds is 7. The number of fused-ring (bicyclic) bond motifs is 1. The number of hydroxylamine groups is 1. The summed E-state index contributed by atoms with van der Waals surface area (Å²) >= 11 is 0. The van der Waals surface area contributed by atoms with Gasteiger partial charge in [-0.1, -0.05) is 63.2 Å². The molecule has 0 fully saturated rings. The molecule has 2 amide bonds. The summed E-state index contributed by atoms with van der Waals surface area (Å²) in [4.78, 5) is 27.9. The fourth-order valence-corrected chi connectivity index (χ4v) is 3.06. The van der Waals surface area contributed by atoms with Crippen LogP contribution in [0, 0.1) is 0 Å². The summed E-state index contributed by atoms with van der Waals surface area (Å²) in [6.07, 6.45) is -0.0296. The van der Waals surface area contributed by atoms with E-state index in [-0.39, 0.29) is 24.1 Å². The average molecular weight is 421 g/mol. The Kier molecular flexibility index (Phi) is 6.87. The summed E-state index contributed by atoms with van der Waals surface area (Å²) in [5, 5.41) is 12.0. The Labute approximate surface area is 181 Å². The average Bonchev–Trinajstić information content (AvgIpc) is 2.76. The summed E-state index contributed by atoms with van der Waals surface area (Å²) in [5.41, 5.74) is 4.74. The standard InChI is InChI=1S/C24H27N3O4/c1-24(2,3)18-10-7-16(8-11-18)15-31-20-6-4-5-17-9-12-19(26-22(17)20)23(29)25-14-13-21(28)27-30/h4-12,30H,13-15H2,1-3H3,(H,25,29)(H,27,28). The molecule has 1 aromatic heterocycles. The van der Waals surface area contributed by atoms with Crippen molar-refractivity contribution in [2.75, 3.05) is 6.54 Å². The zero-order chi connectivity index (χ0) is 22.4. The first-order chi connectivity index (χ1) is 14.8. The third kappa shape index (κ3) is 5.79. The van der Waals surface area contributed by atoms with Crippen molar-refractivity contribution >= 4 is 22.7 Å². The summed E-state index contributed by atoms with van der Waals surface area (Å²) in [5.74, 6) is -0.384. The van der Waals surface area contributed by atoms with Crippen LogP contribution in [0.4, 0.5) is 0 Å². The molecule has 0 radical (unpaired) electrons. The van der Waals surface area contributed by atoms with Crippen molar-refractivity contribution < 1.29 is 19.5 Å². The van der Waals surface area contributed by atoms with E-state index in [0.29, 0.717) is 17.9 Å². The van der Waals surface area contributed by atoms with Crippen molar-refractivity contribution in [2.45, 2.75) is 39.2 Å². The molecule has 0 aliphatic rings. The Balaban J connectivity index is 1.73. The van der Waals surface area contributed by atoms with Crippen molar-refractivity contribution in [1.82, 2.24) is 15.8 Å². The lowest BCUT2D eigenvalue weighted by molar-refractivity contribution is -0.129. The van der Waals surface area contributed by atoms with Crippen LogP contribution >= 0.6 is 0 Å². The molecule has 7 nitrogen and oxygen atoms in total. The molecule has 0 unspecified atom stereocenters. The van der Waals surface area contributed by atoms with Crippen LogP contribution in [0.3, 0.4) is 0 Å². The van der Waals surface area contributed by atoms with Gasteiger partial charge in [-0.05, 0) is 28.7 Å². The number of hydrogen-bond donors (Lipinski definition) is 3. The number of benzene rings is 2. The Bertz CT molecular complexity index is 1070. The predicted octanol–water partition coefficient (Wildman–Crippen LogP) is 3.74. The van der Waals surface area contributed by atoms with Gasteiger partial charge in [0.1, 0.15) is 23.6 Å². The van der Waals surface area contributed by atoms with Gasteiger partial charge in [0.25, 0.3) is 5.91 Å². The van der Waals surface area contributed by atoms with E-state index in [2.05, 4.69) is 55.3 Å². The SMILES string of the molecule is CC(C)(C)c1ccc(COc2cccc3ccc(C(=O)NCCC(=O)NO)nc23)cc1. The highest BCUT2D eigenvalue weighted by Crippen LogP contribution is 2.26. The molecule has 2 aromatic carbocycles. The van der Waals surface area contributed by atoms with E-state index in [9.17, 15) is 9.59 Å². The summed E-state index contributed by atoms with van der Waals surface area (Å²) in [6, 6.07) is 17.4. The first kappa shape index (κ1) is 22.2. The summed E-state index contributed by atoms with van der Waals surface area (Å²) in [6.45, 7) is 7.01. The van der Waals surface area contributed by atoms with Crippen molar-refractivity contribution in [2.24, 2.45) is 0 Å². The van der Waals surface area contributed by atoms with Gasteiger partial charge in [0.05, 0.1) is 0 Å². The fraction of sp³-hybridized carbons (Fsp3) is 0.292. The van der Waals surface area contributed by atoms with E-state index in [4.69, 9.17) is 9.94 Å². The second kappa shape index (κ2) is 9.57. The lowest BCUT2D eigenvalue weighted by Crippen LogP contribution is -2.29. The van der Waals surface area contributed by atoms with Crippen molar-refractivity contribution in [3.8, 4) is 5.75 Å². The minimum Gasteiger partial charge on any atom is -0.487 e. The molecule has 0 saturated carbocycles. The van der Waals surface area contributed by atoms with Crippen LogP contribution in [-0.4, -0.2) is 28.6 Å². The third-order valence-corrected chi connectivity index (χ3v) is 4.89. The topological polar surface area (TPSA) is 101 Å². The molecule has 1 heterocycles. The Morgan fingerprint density at radius 2 is 1.77 bits per heavy atom. The Morgan fingerprint density at radius 1 is 1.03 bits per heavy atom. The minimum atomic E-state index is -0.571. The second-order valence-electron chi connectivity index (χ2n) is 8.30. The molecule has 0 bridgehead atoms. The molecule has 0 spiro atoms. The van der Waals surface area contributed by atoms with E-state index in [0.717, 1.165) is 10.9 Å². The number of amides is 2. The van der Waals surface area contributed by atoms with Gasteiger partial charge in [-0.15, -0.1) is 0 Å². The molecule has 162 valence electrons. The lowest BCUT2D eigenvalue weighted by atomic mass is 9.87. The lowest BCUT2D eigenvalue weighted by Gasteiger charge is -2.19. The zero-order valence-electron chi connectivity index (χ0n) is 17.9. The third-order valence-electron chi connectivity index (χ3n) is 4.89. The van der Waals surface area contributed by atoms with E-state index in [1.54, 1.807) is 6.07 Å². The summed E-state index contributed by atoms with van der Waals surface area (Å²) in [7, 11) is 0. The number of carbonyl (C=O) groups is 2. The normalized spacial score (nSPS) is 11.2. The van der Waals surface area contributed by atoms with Crippen LogP contribution < -0.4 is 15.5 Å². The van der Waals surface area contributed by atoms with Gasteiger partial charge in [0.15, 0.2) is 0 Å². The number of hydrogen-bond acceptors (Lipinski definition) is 5. The van der Waals surface area contributed by atoms with Crippen LogP contribution in [-0.2, 0) is 16.8 Å². The monoisotopic (exact) mass is 421 g/mol. The fourth-order valence-electron chi connectivity index (χ4n) is 3.06. The maximum Gasteiger partial charge on any atom is 0.269 e. The van der Waals surface area contributed by atoms with Gasteiger partial charge >= 0.3 is 0 Å².